The standard InChI is InChI=1S/C19H34N6O2/c1-15(13-27-16-9-12-26-14-16)22-19(20-2)21-10-6-8-18-24-23-17-7-4-3-5-11-25(17)18/h15-16H,3-14H2,1-2H3,(H2,20,21,22). The number of hydrogen-bond donors (Lipinski definition) is 2. The van der Waals surface area contributed by atoms with Crippen LogP contribution in [0.5, 0.6) is 0 Å². The number of fused-ring (bicyclic) bond motifs is 1. The van der Waals surface area contributed by atoms with Crippen LogP contribution in [0, 0.1) is 0 Å². The highest BCUT2D eigenvalue weighted by atomic mass is 16.5. The molecule has 0 bridgehead atoms. The van der Waals surface area contributed by atoms with E-state index in [1.807, 2.05) is 0 Å². The summed E-state index contributed by atoms with van der Waals surface area (Å²) < 4.78 is 13.5. The van der Waals surface area contributed by atoms with Gasteiger partial charge in [0.05, 0.1) is 19.3 Å². The number of rotatable bonds is 8. The highest BCUT2D eigenvalue weighted by Crippen LogP contribution is 2.15. The molecule has 2 N–H and O–H groups in total. The number of aromatic nitrogens is 3. The molecule has 3 heterocycles. The highest BCUT2D eigenvalue weighted by molar-refractivity contribution is 5.79. The summed E-state index contributed by atoms with van der Waals surface area (Å²) in [4.78, 5) is 4.31. The minimum Gasteiger partial charge on any atom is -0.379 e. The van der Waals surface area contributed by atoms with Crippen molar-refractivity contribution in [2.45, 2.75) is 70.6 Å². The summed E-state index contributed by atoms with van der Waals surface area (Å²) in [6.45, 7) is 6.20. The molecule has 0 aromatic carbocycles. The minimum atomic E-state index is 0.198. The number of nitrogens with zero attached hydrogens (tertiary/aromatic N) is 4. The van der Waals surface area contributed by atoms with E-state index in [2.05, 4.69) is 37.3 Å². The second-order valence-corrected chi connectivity index (χ2v) is 7.46. The molecule has 0 spiro atoms. The van der Waals surface area contributed by atoms with Crippen LogP contribution < -0.4 is 10.6 Å². The number of aryl methyl sites for hydroxylation is 2. The normalized spacial score (nSPS) is 21.6. The smallest absolute Gasteiger partial charge is 0.191 e. The zero-order valence-electron chi connectivity index (χ0n) is 16.7. The Bertz CT molecular complexity index is 597. The van der Waals surface area contributed by atoms with Gasteiger partial charge in [0.1, 0.15) is 11.6 Å². The van der Waals surface area contributed by atoms with E-state index in [-0.39, 0.29) is 12.1 Å². The molecule has 2 aliphatic heterocycles. The molecule has 27 heavy (non-hydrogen) atoms. The first-order chi connectivity index (χ1) is 13.3. The molecular weight excluding hydrogens is 344 g/mol. The number of aliphatic imine (C=N–C) groups is 1. The first-order valence-corrected chi connectivity index (χ1v) is 10.3. The van der Waals surface area contributed by atoms with Crippen LogP contribution in [-0.2, 0) is 28.9 Å². The minimum absolute atomic E-state index is 0.198. The maximum absolute atomic E-state index is 5.86. The molecule has 2 atom stereocenters. The highest BCUT2D eigenvalue weighted by Gasteiger charge is 2.17. The molecule has 0 saturated carbocycles. The molecule has 8 heteroatoms. The number of nitrogens with one attached hydrogen (secondary N) is 2. The molecule has 0 amide bonds. The second kappa shape index (κ2) is 10.6. The van der Waals surface area contributed by atoms with Crippen molar-refractivity contribution >= 4 is 5.96 Å². The third-order valence-electron chi connectivity index (χ3n) is 5.13. The van der Waals surface area contributed by atoms with Crippen molar-refractivity contribution in [1.29, 1.82) is 0 Å². The van der Waals surface area contributed by atoms with Crippen LogP contribution in [0.25, 0.3) is 0 Å². The quantitative estimate of drug-likeness (QED) is 0.403. The Morgan fingerprint density at radius 2 is 2.30 bits per heavy atom. The van der Waals surface area contributed by atoms with Gasteiger partial charge in [-0.15, -0.1) is 10.2 Å². The zero-order chi connectivity index (χ0) is 18.9. The number of ether oxygens (including phenoxy) is 2. The van der Waals surface area contributed by atoms with Crippen LogP contribution in [-0.4, -0.2) is 66.3 Å². The van der Waals surface area contributed by atoms with Gasteiger partial charge in [-0.1, -0.05) is 6.42 Å². The summed E-state index contributed by atoms with van der Waals surface area (Å²) in [5.74, 6) is 3.10. The van der Waals surface area contributed by atoms with Crippen molar-refractivity contribution in [3.05, 3.63) is 11.6 Å². The Labute approximate surface area is 162 Å². The van der Waals surface area contributed by atoms with Gasteiger partial charge in [-0.2, -0.15) is 0 Å². The Kier molecular flexibility index (Phi) is 7.89. The van der Waals surface area contributed by atoms with Gasteiger partial charge in [0.15, 0.2) is 5.96 Å². The molecule has 1 fully saturated rings. The van der Waals surface area contributed by atoms with Crippen LogP contribution in [0.3, 0.4) is 0 Å². The largest absolute Gasteiger partial charge is 0.379 e. The predicted octanol–water partition coefficient (Wildman–Crippen LogP) is 1.30. The third-order valence-corrected chi connectivity index (χ3v) is 5.13. The van der Waals surface area contributed by atoms with Crippen LogP contribution in [0.15, 0.2) is 4.99 Å². The summed E-state index contributed by atoms with van der Waals surface area (Å²) in [6.07, 6.45) is 8.00. The third kappa shape index (κ3) is 6.17. The summed E-state index contributed by atoms with van der Waals surface area (Å²) in [5.41, 5.74) is 0. The number of hydrogen-bond acceptors (Lipinski definition) is 5. The maximum Gasteiger partial charge on any atom is 0.191 e. The lowest BCUT2D eigenvalue weighted by Crippen LogP contribution is -2.44. The SMILES string of the molecule is CN=C(NCCCc1nnc2n1CCCCC2)NC(C)COC1CCOC1. The molecule has 1 aromatic rings. The van der Waals surface area contributed by atoms with E-state index in [4.69, 9.17) is 9.47 Å². The lowest BCUT2D eigenvalue weighted by atomic mass is 10.2. The van der Waals surface area contributed by atoms with E-state index in [0.29, 0.717) is 13.2 Å². The second-order valence-electron chi connectivity index (χ2n) is 7.46. The molecule has 3 rings (SSSR count). The van der Waals surface area contributed by atoms with E-state index < -0.39 is 0 Å². The lowest BCUT2D eigenvalue weighted by molar-refractivity contribution is 0.0347. The summed E-state index contributed by atoms with van der Waals surface area (Å²) in [7, 11) is 1.80. The van der Waals surface area contributed by atoms with E-state index in [9.17, 15) is 0 Å². The first-order valence-electron chi connectivity index (χ1n) is 10.3. The van der Waals surface area contributed by atoms with Crippen LogP contribution in [0.1, 0.15) is 50.7 Å². The van der Waals surface area contributed by atoms with Crippen molar-refractivity contribution in [1.82, 2.24) is 25.4 Å². The Morgan fingerprint density at radius 1 is 1.37 bits per heavy atom. The van der Waals surface area contributed by atoms with Crippen LogP contribution >= 0.6 is 0 Å². The molecule has 0 aliphatic carbocycles. The van der Waals surface area contributed by atoms with Gasteiger partial charge >= 0.3 is 0 Å². The lowest BCUT2D eigenvalue weighted by Gasteiger charge is -2.19. The zero-order valence-corrected chi connectivity index (χ0v) is 16.7. The van der Waals surface area contributed by atoms with Crippen molar-refractivity contribution in [2.75, 3.05) is 33.4 Å². The van der Waals surface area contributed by atoms with Crippen molar-refractivity contribution < 1.29 is 9.47 Å². The summed E-state index contributed by atoms with van der Waals surface area (Å²) in [5, 5.41) is 15.5. The summed E-state index contributed by atoms with van der Waals surface area (Å²) >= 11 is 0. The van der Waals surface area contributed by atoms with Gasteiger partial charge in [-0.25, -0.2) is 0 Å². The van der Waals surface area contributed by atoms with Crippen LogP contribution in [0.2, 0.25) is 0 Å². The van der Waals surface area contributed by atoms with E-state index >= 15 is 0 Å². The van der Waals surface area contributed by atoms with Crippen molar-refractivity contribution in [3.8, 4) is 0 Å². The molecule has 8 nitrogen and oxygen atoms in total. The van der Waals surface area contributed by atoms with Crippen molar-refractivity contribution in [2.24, 2.45) is 4.99 Å². The van der Waals surface area contributed by atoms with Gasteiger partial charge in [-0.05, 0) is 32.6 Å². The fourth-order valence-corrected chi connectivity index (χ4v) is 3.58. The predicted molar refractivity (Wildman–Crippen MR) is 105 cm³/mol. The van der Waals surface area contributed by atoms with Gasteiger partial charge in [0.25, 0.3) is 0 Å². The van der Waals surface area contributed by atoms with Gasteiger partial charge < -0.3 is 24.7 Å². The average Bonchev–Trinajstić information content (AvgIpc) is 3.27. The van der Waals surface area contributed by atoms with E-state index in [1.54, 1.807) is 7.05 Å². The molecule has 152 valence electrons. The van der Waals surface area contributed by atoms with Crippen molar-refractivity contribution in [3.63, 3.8) is 0 Å². The number of guanidine groups is 1. The Balaban J connectivity index is 1.34. The maximum atomic E-state index is 5.86. The average molecular weight is 379 g/mol. The molecule has 2 unspecified atom stereocenters. The topological polar surface area (TPSA) is 85.6 Å². The monoisotopic (exact) mass is 378 g/mol. The van der Waals surface area contributed by atoms with Gasteiger partial charge in [0.2, 0.25) is 0 Å². The fraction of sp³-hybridized carbons (Fsp3) is 0.842. The first kappa shape index (κ1) is 20.1. The molecule has 1 aromatic heterocycles. The van der Waals surface area contributed by atoms with Crippen LogP contribution in [0.4, 0.5) is 0 Å². The van der Waals surface area contributed by atoms with Gasteiger partial charge in [-0.3, -0.25) is 4.99 Å². The van der Waals surface area contributed by atoms with E-state index in [0.717, 1.165) is 63.0 Å². The molecule has 2 aliphatic rings. The molecule has 1 saturated heterocycles. The van der Waals surface area contributed by atoms with E-state index in [1.165, 1.54) is 19.3 Å². The fourth-order valence-electron chi connectivity index (χ4n) is 3.58. The Hall–Kier alpha value is -1.67. The molecular formula is C19H34N6O2. The molecule has 0 radical (unpaired) electrons. The summed E-state index contributed by atoms with van der Waals surface area (Å²) in [6, 6.07) is 0.198. The van der Waals surface area contributed by atoms with Gasteiger partial charge in [0, 0.05) is 45.6 Å². The Morgan fingerprint density at radius 3 is 3.11 bits per heavy atom.